The Morgan fingerprint density at radius 3 is 2.85 bits per heavy atom. The largest absolute Gasteiger partial charge is 0.481 e. The predicted octanol–water partition coefficient (Wildman–Crippen LogP) is 2.44. The van der Waals surface area contributed by atoms with Crippen LogP contribution in [0.1, 0.15) is 18.7 Å². The van der Waals surface area contributed by atoms with Crippen molar-refractivity contribution in [3.63, 3.8) is 0 Å². The maximum absolute atomic E-state index is 12.2. The van der Waals surface area contributed by atoms with Gasteiger partial charge in [0.25, 0.3) is 0 Å². The van der Waals surface area contributed by atoms with Gasteiger partial charge in [-0.15, -0.1) is 0 Å². The van der Waals surface area contributed by atoms with Gasteiger partial charge in [0.1, 0.15) is 0 Å². The third-order valence-electron chi connectivity index (χ3n) is 4.24. The number of amides is 2. The number of nitrogens with zero attached hydrogens (tertiary/aromatic N) is 3. The quantitative estimate of drug-likeness (QED) is 0.827. The molecule has 1 atom stereocenters. The number of hydrogen-bond donors (Lipinski definition) is 2. The highest BCUT2D eigenvalue weighted by Gasteiger charge is 2.27. The van der Waals surface area contributed by atoms with E-state index in [1.54, 1.807) is 24.3 Å². The molecule has 8 nitrogen and oxygen atoms in total. The molecule has 1 aliphatic rings. The molecule has 2 aromatic rings. The maximum Gasteiger partial charge on any atom is 0.317 e. The van der Waals surface area contributed by atoms with Gasteiger partial charge in [0, 0.05) is 36.6 Å². The van der Waals surface area contributed by atoms with E-state index in [-0.39, 0.29) is 12.6 Å². The number of likely N-dealkylation sites (tertiary alicyclic amines) is 1. The number of carboxylic acids is 1. The van der Waals surface area contributed by atoms with Crippen LogP contribution in [0.4, 0.5) is 4.79 Å². The van der Waals surface area contributed by atoms with E-state index in [9.17, 15) is 9.59 Å². The summed E-state index contributed by atoms with van der Waals surface area (Å²) >= 11 is 5.85. The molecule has 1 aromatic heterocycles. The lowest BCUT2D eigenvalue weighted by molar-refractivity contribution is -0.143. The Labute approximate surface area is 155 Å². The number of aliphatic carboxylic acids is 1. The Hall–Kier alpha value is -2.61. The molecule has 3 rings (SSSR count). The molecule has 0 bridgehead atoms. The number of aromatic nitrogens is 2. The van der Waals surface area contributed by atoms with Crippen LogP contribution < -0.4 is 5.32 Å². The Kier molecular flexibility index (Phi) is 5.72. The fourth-order valence-electron chi connectivity index (χ4n) is 2.82. The van der Waals surface area contributed by atoms with Crippen LogP contribution in [0, 0.1) is 5.92 Å². The number of hydrogen-bond acceptors (Lipinski definition) is 5. The molecular formula is C17H19ClN4O4. The summed E-state index contributed by atoms with van der Waals surface area (Å²) in [7, 11) is 0. The third kappa shape index (κ3) is 4.51. The van der Waals surface area contributed by atoms with Crippen molar-refractivity contribution in [1.82, 2.24) is 20.4 Å². The number of carbonyl (C=O) groups is 2. The topological polar surface area (TPSA) is 109 Å². The molecule has 1 aliphatic heterocycles. The van der Waals surface area contributed by atoms with Gasteiger partial charge in [0.05, 0.1) is 5.92 Å². The Balaban J connectivity index is 1.48. The Bertz CT molecular complexity index is 777. The summed E-state index contributed by atoms with van der Waals surface area (Å²) < 4.78 is 5.19. The van der Waals surface area contributed by atoms with Crippen LogP contribution in [0.2, 0.25) is 5.02 Å². The fraction of sp³-hybridized carbons (Fsp3) is 0.412. The van der Waals surface area contributed by atoms with Gasteiger partial charge in [0.2, 0.25) is 11.7 Å². The van der Waals surface area contributed by atoms with Gasteiger partial charge in [-0.05, 0) is 37.1 Å². The van der Waals surface area contributed by atoms with E-state index in [0.717, 1.165) is 5.56 Å². The van der Waals surface area contributed by atoms with Gasteiger partial charge in [-0.25, -0.2) is 4.79 Å². The van der Waals surface area contributed by atoms with Gasteiger partial charge in [0.15, 0.2) is 0 Å². The Morgan fingerprint density at radius 1 is 1.35 bits per heavy atom. The maximum atomic E-state index is 12.2. The van der Waals surface area contributed by atoms with Crippen molar-refractivity contribution >= 4 is 23.6 Å². The summed E-state index contributed by atoms with van der Waals surface area (Å²) in [5.41, 5.74) is 0.793. The first-order chi connectivity index (χ1) is 12.5. The molecule has 0 aliphatic carbocycles. The highest BCUT2D eigenvalue weighted by molar-refractivity contribution is 6.30. The summed E-state index contributed by atoms with van der Waals surface area (Å²) in [6.45, 7) is 1.13. The molecule has 0 saturated carbocycles. The lowest BCUT2D eigenvalue weighted by atomic mass is 9.99. The highest BCUT2D eigenvalue weighted by atomic mass is 35.5. The number of piperidine rings is 1. The van der Waals surface area contributed by atoms with Crippen LogP contribution in [0.5, 0.6) is 0 Å². The number of benzene rings is 1. The summed E-state index contributed by atoms with van der Waals surface area (Å²) in [6.07, 6.45) is 1.69. The van der Waals surface area contributed by atoms with Crippen molar-refractivity contribution in [2.24, 2.45) is 5.92 Å². The first-order valence-corrected chi connectivity index (χ1v) is 8.75. The van der Waals surface area contributed by atoms with Crippen LogP contribution >= 0.6 is 11.6 Å². The van der Waals surface area contributed by atoms with Gasteiger partial charge >= 0.3 is 12.0 Å². The summed E-state index contributed by atoms with van der Waals surface area (Å²) in [6, 6.07) is 6.82. The molecule has 26 heavy (non-hydrogen) atoms. The second kappa shape index (κ2) is 8.18. The number of halogens is 1. The summed E-state index contributed by atoms with van der Waals surface area (Å²) in [4.78, 5) is 29.1. The van der Waals surface area contributed by atoms with E-state index in [2.05, 4.69) is 15.5 Å². The lowest BCUT2D eigenvalue weighted by Gasteiger charge is -2.30. The molecule has 0 spiro atoms. The molecule has 1 saturated heterocycles. The minimum Gasteiger partial charge on any atom is -0.481 e. The first-order valence-electron chi connectivity index (χ1n) is 8.37. The second-order valence-corrected chi connectivity index (χ2v) is 6.56. The van der Waals surface area contributed by atoms with Crippen molar-refractivity contribution in [1.29, 1.82) is 0 Å². The number of carboxylic acid groups (broad SMARTS) is 1. The van der Waals surface area contributed by atoms with Crippen molar-refractivity contribution in [2.45, 2.75) is 19.3 Å². The zero-order valence-electron chi connectivity index (χ0n) is 14.0. The van der Waals surface area contributed by atoms with E-state index < -0.39 is 11.9 Å². The zero-order chi connectivity index (χ0) is 18.5. The predicted molar refractivity (Wildman–Crippen MR) is 93.8 cm³/mol. The van der Waals surface area contributed by atoms with Crippen LogP contribution in [-0.2, 0) is 11.2 Å². The Morgan fingerprint density at radius 2 is 2.12 bits per heavy atom. The van der Waals surface area contributed by atoms with E-state index in [1.807, 2.05) is 0 Å². The van der Waals surface area contributed by atoms with Crippen molar-refractivity contribution in [3.8, 4) is 11.4 Å². The standard InChI is InChI=1S/C17H19ClN4O4/c18-13-5-3-11(4-6-13)15-20-14(26-21-15)7-8-19-17(25)22-9-1-2-12(10-22)16(23)24/h3-6,12H,1-2,7-10H2,(H,19,25)(H,23,24). The van der Waals surface area contributed by atoms with Crippen LogP contribution in [0.3, 0.4) is 0 Å². The van der Waals surface area contributed by atoms with Crippen molar-refractivity contribution < 1.29 is 19.2 Å². The second-order valence-electron chi connectivity index (χ2n) is 6.12. The first kappa shape index (κ1) is 18.2. The van der Waals surface area contributed by atoms with Crippen LogP contribution in [0.15, 0.2) is 28.8 Å². The molecule has 2 amide bonds. The van der Waals surface area contributed by atoms with E-state index >= 15 is 0 Å². The number of nitrogens with one attached hydrogen (secondary N) is 1. The third-order valence-corrected chi connectivity index (χ3v) is 4.50. The van der Waals surface area contributed by atoms with Crippen LogP contribution in [-0.4, -0.2) is 51.8 Å². The molecule has 0 radical (unpaired) electrons. The van der Waals surface area contributed by atoms with E-state index in [1.165, 1.54) is 4.90 Å². The minimum atomic E-state index is -0.858. The molecule has 1 fully saturated rings. The molecule has 9 heteroatoms. The van der Waals surface area contributed by atoms with Gasteiger partial charge in [-0.1, -0.05) is 16.8 Å². The fourth-order valence-corrected chi connectivity index (χ4v) is 2.95. The van der Waals surface area contributed by atoms with Gasteiger partial charge in [-0.3, -0.25) is 4.79 Å². The highest BCUT2D eigenvalue weighted by Crippen LogP contribution is 2.19. The van der Waals surface area contributed by atoms with Gasteiger partial charge < -0.3 is 19.8 Å². The minimum absolute atomic E-state index is 0.239. The normalized spacial score (nSPS) is 17.1. The average molecular weight is 379 g/mol. The lowest BCUT2D eigenvalue weighted by Crippen LogP contribution is -2.47. The SMILES string of the molecule is O=C(O)C1CCCN(C(=O)NCCc2nc(-c3ccc(Cl)cc3)no2)C1. The molecule has 2 N–H and O–H groups in total. The molecular weight excluding hydrogens is 360 g/mol. The van der Waals surface area contributed by atoms with E-state index in [0.29, 0.717) is 49.1 Å². The van der Waals surface area contributed by atoms with Crippen molar-refractivity contribution in [2.75, 3.05) is 19.6 Å². The van der Waals surface area contributed by atoms with Crippen molar-refractivity contribution in [3.05, 3.63) is 35.2 Å². The molecule has 1 aromatic carbocycles. The zero-order valence-corrected chi connectivity index (χ0v) is 14.8. The number of carbonyl (C=O) groups excluding carboxylic acids is 1. The smallest absolute Gasteiger partial charge is 0.317 e. The molecule has 138 valence electrons. The van der Waals surface area contributed by atoms with Crippen LogP contribution in [0.25, 0.3) is 11.4 Å². The summed E-state index contributed by atoms with van der Waals surface area (Å²) in [5.74, 6) is -0.476. The number of rotatable bonds is 5. The van der Waals surface area contributed by atoms with E-state index in [4.69, 9.17) is 21.2 Å². The molecule has 2 heterocycles. The monoisotopic (exact) mass is 378 g/mol. The number of urea groups is 1. The average Bonchev–Trinajstić information content (AvgIpc) is 3.11. The molecule has 1 unspecified atom stereocenters. The van der Waals surface area contributed by atoms with Gasteiger partial charge in [-0.2, -0.15) is 4.98 Å². The summed E-state index contributed by atoms with van der Waals surface area (Å²) in [5, 5.41) is 16.4.